The summed E-state index contributed by atoms with van der Waals surface area (Å²) in [5, 5.41) is 8.82. The number of aromatic amines is 2. The van der Waals surface area contributed by atoms with Crippen LogP contribution in [-0.2, 0) is 9.47 Å². The van der Waals surface area contributed by atoms with Crippen molar-refractivity contribution >= 4 is 11.3 Å². The van der Waals surface area contributed by atoms with Crippen molar-refractivity contribution in [1.82, 2.24) is 28.7 Å². The lowest BCUT2D eigenvalue weighted by Crippen LogP contribution is -2.24. The van der Waals surface area contributed by atoms with Gasteiger partial charge in [0.1, 0.15) is 36.0 Å². The lowest BCUT2D eigenvalue weighted by molar-refractivity contribution is -0.165. The van der Waals surface area contributed by atoms with Gasteiger partial charge in [0.15, 0.2) is 6.29 Å². The maximum absolute atomic E-state index is 8.82. The van der Waals surface area contributed by atoms with Gasteiger partial charge in [0.25, 0.3) is 0 Å². The topological polar surface area (TPSA) is 123 Å². The van der Waals surface area contributed by atoms with Gasteiger partial charge < -0.3 is 34.0 Å². The van der Waals surface area contributed by atoms with Crippen molar-refractivity contribution < 1.29 is 24.1 Å². The average molecular weight is 723 g/mol. The molecule has 11 heteroatoms. The van der Waals surface area contributed by atoms with Gasteiger partial charge in [0.05, 0.1) is 37.0 Å². The summed E-state index contributed by atoms with van der Waals surface area (Å²) in [7, 11) is 0. The first-order chi connectivity index (χ1) is 26.7. The maximum Gasteiger partial charge on any atom is 0.157 e. The van der Waals surface area contributed by atoms with Gasteiger partial charge in [0.2, 0.25) is 0 Å². The second-order valence-electron chi connectivity index (χ2n) is 12.9. The van der Waals surface area contributed by atoms with E-state index < -0.39 is 0 Å². The minimum absolute atomic E-state index is 0.0109. The number of aliphatic hydroxyl groups excluding tert-OH is 1. The number of nitrogens with one attached hydrogen (secondary N) is 2. The minimum Gasteiger partial charge on any atom is -0.491 e. The SMILES string of the molecule is OCCOc1ccc(-c2cnc3ccc(-c4cc[nH]c4)cn23)cc1.c1cc(-c2ccc3ncc(-c4ccc(OCCOC5CCCCO5)cc4)n3c2)c[nH]1. The minimum atomic E-state index is -0.0731. The fourth-order valence-corrected chi connectivity index (χ4v) is 6.53. The Kier molecular flexibility index (Phi) is 10.8. The molecule has 0 saturated carbocycles. The predicted molar refractivity (Wildman–Crippen MR) is 208 cm³/mol. The molecule has 1 unspecified atom stereocenters. The van der Waals surface area contributed by atoms with E-state index in [0.717, 1.165) is 87.0 Å². The Hall–Kier alpha value is -6.14. The zero-order valence-electron chi connectivity index (χ0n) is 29.8. The highest BCUT2D eigenvalue weighted by atomic mass is 16.7. The third-order valence-corrected chi connectivity index (χ3v) is 9.33. The fourth-order valence-electron chi connectivity index (χ4n) is 6.53. The molecule has 9 rings (SSSR count). The maximum atomic E-state index is 8.82. The van der Waals surface area contributed by atoms with Crippen LogP contribution >= 0.6 is 0 Å². The lowest BCUT2D eigenvalue weighted by Gasteiger charge is -2.22. The van der Waals surface area contributed by atoms with Gasteiger partial charge in [-0.05, 0) is 115 Å². The number of fused-ring (bicyclic) bond motifs is 2. The van der Waals surface area contributed by atoms with Crippen LogP contribution in [-0.4, -0.2) is 73.2 Å². The molecule has 6 aromatic heterocycles. The molecule has 1 saturated heterocycles. The normalized spacial score (nSPS) is 14.2. The van der Waals surface area contributed by atoms with Gasteiger partial charge in [-0.15, -0.1) is 0 Å². The van der Waals surface area contributed by atoms with E-state index in [0.29, 0.717) is 19.8 Å². The highest BCUT2D eigenvalue weighted by molar-refractivity contribution is 5.70. The smallest absolute Gasteiger partial charge is 0.157 e. The largest absolute Gasteiger partial charge is 0.491 e. The van der Waals surface area contributed by atoms with Crippen LogP contribution in [0, 0.1) is 0 Å². The standard InChI is InChI=1S/C24H25N3O3.C19H17N3O2/c1-2-12-29-24(3-1)30-14-13-28-21-7-4-18(5-8-21)22-16-26-23-9-6-20(17-27(22)23)19-10-11-25-15-19;23-9-10-24-17-4-1-14(2-5-17)18-12-21-19-6-3-16(13-22(18)19)15-7-8-20-11-15/h4-11,15-17,24-25H,1-3,12-14H2;1-8,11-13,20,23H,9-10H2. The van der Waals surface area contributed by atoms with Crippen LogP contribution in [0.3, 0.4) is 0 Å². The first kappa shape index (κ1) is 34.9. The van der Waals surface area contributed by atoms with Crippen molar-refractivity contribution in [2.75, 3.05) is 33.0 Å². The third kappa shape index (κ3) is 8.08. The molecule has 0 spiro atoms. The summed E-state index contributed by atoms with van der Waals surface area (Å²) in [4.78, 5) is 15.2. The molecule has 1 aliphatic heterocycles. The molecule has 274 valence electrons. The van der Waals surface area contributed by atoms with Gasteiger partial charge in [0, 0.05) is 66.0 Å². The van der Waals surface area contributed by atoms with E-state index in [1.54, 1.807) is 0 Å². The molecular formula is C43H42N6O5. The number of ether oxygens (including phenoxy) is 4. The molecule has 54 heavy (non-hydrogen) atoms. The highest BCUT2D eigenvalue weighted by Gasteiger charge is 2.14. The van der Waals surface area contributed by atoms with Crippen molar-refractivity contribution in [2.24, 2.45) is 0 Å². The molecule has 11 nitrogen and oxygen atoms in total. The van der Waals surface area contributed by atoms with Crippen molar-refractivity contribution in [1.29, 1.82) is 0 Å². The molecule has 1 fully saturated rings. The van der Waals surface area contributed by atoms with Crippen LogP contribution in [0.25, 0.3) is 56.1 Å². The van der Waals surface area contributed by atoms with Crippen molar-refractivity contribution in [3.8, 4) is 56.3 Å². The first-order valence-corrected chi connectivity index (χ1v) is 18.2. The zero-order valence-corrected chi connectivity index (χ0v) is 29.8. The first-order valence-electron chi connectivity index (χ1n) is 18.2. The Morgan fingerprint density at radius 2 is 1.15 bits per heavy atom. The van der Waals surface area contributed by atoms with E-state index in [-0.39, 0.29) is 12.9 Å². The molecule has 1 aliphatic rings. The van der Waals surface area contributed by atoms with Gasteiger partial charge in [-0.1, -0.05) is 0 Å². The number of nitrogens with zero attached hydrogens (tertiary/aromatic N) is 4. The van der Waals surface area contributed by atoms with Gasteiger partial charge in [-0.3, -0.25) is 8.80 Å². The van der Waals surface area contributed by atoms with E-state index >= 15 is 0 Å². The summed E-state index contributed by atoms with van der Waals surface area (Å²) in [5.41, 5.74) is 10.6. The molecule has 1 atom stereocenters. The molecule has 0 bridgehead atoms. The van der Waals surface area contributed by atoms with E-state index in [2.05, 4.69) is 71.5 Å². The summed E-state index contributed by atoms with van der Waals surface area (Å²) in [6.45, 7) is 2.14. The zero-order chi connectivity index (χ0) is 36.5. The second-order valence-corrected chi connectivity index (χ2v) is 12.9. The van der Waals surface area contributed by atoms with Crippen molar-refractivity contribution in [3.63, 3.8) is 0 Å². The average Bonchev–Trinajstić information content (AvgIpc) is 4.07. The van der Waals surface area contributed by atoms with Crippen LogP contribution in [0.15, 0.2) is 135 Å². The van der Waals surface area contributed by atoms with Crippen LogP contribution in [0.5, 0.6) is 11.5 Å². The number of aliphatic hydroxyl groups is 1. The van der Waals surface area contributed by atoms with E-state index in [1.807, 2.05) is 91.8 Å². The van der Waals surface area contributed by atoms with Crippen LogP contribution in [0.4, 0.5) is 0 Å². The number of aromatic nitrogens is 6. The van der Waals surface area contributed by atoms with Crippen molar-refractivity contribution in [2.45, 2.75) is 25.6 Å². The van der Waals surface area contributed by atoms with Crippen molar-refractivity contribution in [3.05, 3.63) is 135 Å². The Morgan fingerprint density at radius 1 is 0.611 bits per heavy atom. The van der Waals surface area contributed by atoms with Crippen LogP contribution in [0.2, 0.25) is 0 Å². The number of hydrogen-bond acceptors (Lipinski definition) is 7. The third-order valence-electron chi connectivity index (χ3n) is 9.33. The quantitative estimate of drug-likeness (QED) is 0.109. The van der Waals surface area contributed by atoms with Gasteiger partial charge >= 0.3 is 0 Å². The van der Waals surface area contributed by atoms with E-state index in [1.165, 1.54) is 6.42 Å². The summed E-state index contributed by atoms with van der Waals surface area (Å²) in [6, 6.07) is 28.2. The molecule has 7 heterocycles. The van der Waals surface area contributed by atoms with Crippen LogP contribution in [0.1, 0.15) is 19.3 Å². The Morgan fingerprint density at radius 3 is 1.63 bits per heavy atom. The lowest BCUT2D eigenvalue weighted by atomic mass is 10.1. The molecule has 3 N–H and O–H groups in total. The van der Waals surface area contributed by atoms with E-state index in [4.69, 9.17) is 24.1 Å². The summed E-state index contributed by atoms with van der Waals surface area (Å²) in [6.07, 6.45) is 19.0. The molecule has 0 aliphatic carbocycles. The number of hydrogen-bond donors (Lipinski definition) is 3. The van der Waals surface area contributed by atoms with E-state index in [9.17, 15) is 0 Å². The summed E-state index contributed by atoms with van der Waals surface area (Å²) >= 11 is 0. The monoisotopic (exact) mass is 722 g/mol. The Bertz CT molecular complexity index is 2360. The highest BCUT2D eigenvalue weighted by Crippen LogP contribution is 2.28. The Labute approximate surface area is 312 Å². The number of benzene rings is 2. The van der Waals surface area contributed by atoms with Gasteiger partial charge in [-0.2, -0.15) is 0 Å². The number of pyridine rings is 2. The van der Waals surface area contributed by atoms with Gasteiger partial charge in [-0.25, -0.2) is 9.97 Å². The molecule has 0 radical (unpaired) electrons. The number of imidazole rings is 2. The Balaban J connectivity index is 0.000000157. The summed E-state index contributed by atoms with van der Waals surface area (Å²) in [5.74, 6) is 1.57. The number of rotatable bonds is 12. The second kappa shape index (κ2) is 16.7. The van der Waals surface area contributed by atoms with Crippen LogP contribution < -0.4 is 9.47 Å². The molecule has 8 aromatic rings. The molecule has 0 amide bonds. The molecular weight excluding hydrogens is 681 g/mol. The summed E-state index contributed by atoms with van der Waals surface area (Å²) < 4.78 is 26.7. The fraction of sp³-hybridized carbons (Fsp3) is 0.209. The number of H-pyrrole nitrogens is 2. The molecule has 2 aromatic carbocycles. The predicted octanol–water partition coefficient (Wildman–Crippen LogP) is 8.29.